The highest BCUT2D eigenvalue weighted by atomic mass is 16.2. The standard InChI is InChI=1S/C22H28N2O2/c1-5-23(16-20-9-7-6-8-10-20)22(26)13-14-24(19(4)25)21-12-11-17(2)18(3)15-21/h6-12,15H,5,13-14,16H2,1-4H3. The van der Waals surface area contributed by atoms with Gasteiger partial charge in [-0.1, -0.05) is 36.4 Å². The highest BCUT2D eigenvalue weighted by Gasteiger charge is 2.17. The van der Waals surface area contributed by atoms with Crippen LogP contribution in [0.3, 0.4) is 0 Å². The zero-order valence-electron chi connectivity index (χ0n) is 16.2. The molecule has 4 heteroatoms. The minimum Gasteiger partial charge on any atom is -0.339 e. The van der Waals surface area contributed by atoms with Crippen LogP contribution in [0.4, 0.5) is 5.69 Å². The van der Waals surface area contributed by atoms with Gasteiger partial charge in [-0.2, -0.15) is 0 Å². The van der Waals surface area contributed by atoms with Gasteiger partial charge in [0, 0.05) is 38.7 Å². The fourth-order valence-electron chi connectivity index (χ4n) is 2.91. The molecule has 4 nitrogen and oxygen atoms in total. The highest BCUT2D eigenvalue weighted by molar-refractivity contribution is 5.92. The molecule has 0 N–H and O–H groups in total. The van der Waals surface area contributed by atoms with Gasteiger partial charge in [-0.25, -0.2) is 0 Å². The summed E-state index contributed by atoms with van der Waals surface area (Å²) in [6.07, 6.45) is 0.313. The Hall–Kier alpha value is -2.62. The number of anilines is 1. The van der Waals surface area contributed by atoms with Gasteiger partial charge >= 0.3 is 0 Å². The summed E-state index contributed by atoms with van der Waals surface area (Å²) in [6, 6.07) is 15.9. The smallest absolute Gasteiger partial charge is 0.224 e. The second-order valence-corrected chi connectivity index (χ2v) is 6.58. The zero-order chi connectivity index (χ0) is 19.1. The molecular weight excluding hydrogens is 324 g/mol. The van der Waals surface area contributed by atoms with Crippen LogP contribution in [0.25, 0.3) is 0 Å². The summed E-state index contributed by atoms with van der Waals surface area (Å²) in [4.78, 5) is 28.2. The van der Waals surface area contributed by atoms with E-state index in [1.165, 1.54) is 5.56 Å². The molecule has 0 aliphatic rings. The predicted octanol–water partition coefficient (Wildman–Crippen LogP) is 4.10. The van der Waals surface area contributed by atoms with Crippen molar-refractivity contribution in [3.05, 3.63) is 65.2 Å². The summed E-state index contributed by atoms with van der Waals surface area (Å²) in [7, 11) is 0. The van der Waals surface area contributed by atoms with E-state index in [-0.39, 0.29) is 11.8 Å². The molecule has 0 saturated heterocycles. The maximum absolute atomic E-state index is 12.6. The van der Waals surface area contributed by atoms with Crippen molar-refractivity contribution in [3.63, 3.8) is 0 Å². The van der Waals surface area contributed by atoms with Crippen LogP contribution < -0.4 is 4.90 Å². The predicted molar refractivity (Wildman–Crippen MR) is 106 cm³/mol. The molecule has 2 aromatic carbocycles. The highest BCUT2D eigenvalue weighted by Crippen LogP contribution is 2.19. The summed E-state index contributed by atoms with van der Waals surface area (Å²) in [6.45, 7) is 9.23. The van der Waals surface area contributed by atoms with Crippen LogP contribution in [0.1, 0.15) is 37.0 Å². The molecule has 138 valence electrons. The number of nitrogens with zero attached hydrogens (tertiary/aromatic N) is 2. The quantitative estimate of drug-likeness (QED) is 0.753. The molecule has 0 atom stereocenters. The van der Waals surface area contributed by atoms with Crippen molar-refractivity contribution in [3.8, 4) is 0 Å². The van der Waals surface area contributed by atoms with Crippen LogP contribution in [0, 0.1) is 13.8 Å². The summed E-state index contributed by atoms with van der Waals surface area (Å²) >= 11 is 0. The zero-order valence-corrected chi connectivity index (χ0v) is 16.2. The molecule has 2 amide bonds. The molecule has 0 fully saturated rings. The number of rotatable bonds is 7. The molecule has 2 aromatic rings. The molecule has 0 heterocycles. The summed E-state index contributed by atoms with van der Waals surface area (Å²) in [5.41, 5.74) is 4.28. The Labute approximate surface area is 156 Å². The van der Waals surface area contributed by atoms with Crippen molar-refractivity contribution in [2.75, 3.05) is 18.0 Å². The number of carbonyl (C=O) groups is 2. The first-order valence-electron chi connectivity index (χ1n) is 9.09. The Balaban J connectivity index is 2.03. The second kappa shape index (κ2) is 9.18. The van der Waals surface area contributed by atoms with E-state index in [1.807, 2.05) is 74.2 Å². The lowest BCUT2D eigenvalue weighted by molar-refractivity contribution is -0.131. The molecule has 0 aliphatic heterocycles. The van der Waals surface area contributed by atoms with Gasteiger partial charge in [0.15, 0.2) is 0 Å². The van der Waals surface area contributed by atoms with Gasteiger partial charge in [-0.3, -0.25) is 9.59 Å². The molecule has 0 radical (unpaired) electrons. The van der Waals surface area contributed by atoms with Crippen LogP contribution in [0.2, 0.25) is 0 Å². The fourth-order valence-corrected chi connectivity index (χ4v) is 2.91. The third-order valence-corrected chi connectivity index (χ3v) is 4.68. The maximum atomic E-state index is 12.6. The minimum atomic E-state index is -0.0489. The Morgan fingerprint density at radius 3 is 2.23 bits per heavy atom. The van der Waals surface area contributed by atoms with E-state index in [4.69, 9.17) is 0 Å². The fraction of sp³-hybridized carbons (Fsp3) is 0.364. The lowest BCUT2D eigenvalue weighted by Crippen LogP contribution is -2.36. The SMILES string of the molecule is CCN(Cc1ccccc1)C(=O)CCN(C(C)=O)c1ccc(C)c(C)c1. The largest absolute Gasteiger partial charge is 0.339 e. The minimum absolute atomic E-state index is 0.0489. The molecule has 0 spiro atoms. The van der Waals surface area contributed by atoms with Crippen molar-refractivity contribution in [1.82, 2.24) is 4.90 Å². The van der Waals surface area contributed by atoms with E-state index in [0.29, 0.717) is 26.1 Å². The number of hydrogen-bond acceptors (Lipinski definition) is 2. The average Bonchev–Trinajstić information content (AvgIpc) is 2.63. The number of amides is 2. The lowest BCUT2D eigenvalue weighted by Gasteiger charge is -2.25. The molecule has 0 unspecified atom stereocenters. The van der Waals surface area contributed by atoms with Crippen molar-refractivity contribution in [1.29, 1.82) is 0 Å². The third-order valence-electron chi connectivity index (χ3n) is 4.68. The summed E-state index contributed by atoms with van der Waals surface area (Å²) < 4.78 is 0. The van der Waals surface area contributed by atoms with Crippen LogP contribution in [-0.4, -0.2) is 29.8 Å². The van der Waals surface area contributed by atoms with Crippen molar-refractivity contribution >= 4 is 17.5 Å². The van der Waals surface area contributed by atoms with Gasteiger partial charge in [-0.05, 0) is 49.6 Å². The maximum Gasteiger partial charge on any atom is 0.224 e. The summed E-state index contributed by atoms with van der Waals surface area (Å²) in [5.74, 6) is 0.0126. The van der Waals surface area contributed by atoms with Crippen LogP contribution >= 0.6 is 0 Å². The number of benzene rings is 2. The van der Waals surface area contributed by atoms with Gasteiger partial charge in [0.05, 0.1) is 0 Å². The Morgan fingerprint density at radius 1 is 0.962 bits per heavy atom. The van der Waals surface area contributed by atoms with E-state index in [1.54, 1.807) is 11.8 Å². The van der Waals surface area contributed by atoms with Gasteiger partial charge in [-0.15, -0.1) is 0 Å². The Kier molecular flexibility index (Phi) is 6.96. The average molecular weight is 352 g/mol. The Morgan fingerprint density at radius 2 is 1.65 bits per heavy atom. The van der Waals surface area contributed by atoms with Crippen molar-refractivity contribution in [2.45, 2.75) is 40.7 Å². The van der Waals surface area contributed by atoms with Crippen LogP contribution in [0.5, 0.6) is 0 Å². The molecular formula is C22H28N2O2. The second-order valence-electron chi connectivity index (χ2n) is 6.58. The monoisotopic (exact) mass is 352 g/mol. The first-order valence-corrected chi connectivity index (χ1v) is 9.09. The van der Waals surface area contributed by atoms with Crippen LogP contribution in [0.15, 0.2) is 48.5 Å². The van der Waals surface area contributed by atoms with Gasteiger partial charge in [0.1, 0.15) is 0 Å². The molecule has 0 aliphatic carbocycles. The van der Waals surface area contributed by atoms with Crippen LogP contribution in [-0.2, 0) is 16.1 Å². The topological polar surface area (TPSA) is 40.6 Å². The van der Waals surface area contributed by atoms with E-state index < -0.39 is 0 Å². The van der Waals surface area contributed by atoms with E-state index in [0.717, 1.165) is 16.8 Å². The Bertz CT molecular complexity index is 756. The van der Waals surface area contributed by atoms with E-state index in [9.17, 15) is 9.59 Å². The molecule has 26 heavy (non-hydrogen) atoms. The van der Waals surface area contributed by atoms with E-state index >= 15 is 0 Å². The number of carbonyl (C=O) groups excluding carboxylic acids is 2. The van der Waals surface area contributed by atoms with Gasteiger partial charge in [0.25, 0.3) is 0 Å². The molecule has 0 bridgehead atoms. The van der Waals surface area contributed by atoms with E-state index in [2.05, 4.69) is 0 Å². The normalized spacial score (nSPS) is 10.5. The summed E-state index contributed by atoms with van der Waals surface area (Å²) in [5, 5.41) is 0. The molecule has 0 aromatic heterocycles. The third kappa shape index (κ3) is 5.19. The van der Waals surface area contributed by atoms with Gasteiger partial charge < -0.3 is 9.80 Å². The first kappa shape index (κ1) is 19.7. The van der Waals surface area contributed by atoms with Crippen molar-refractivity contribution in [2.24, 2.45) is 0 Å². The van der Waals surface area contributed by atoms with Crippen molar-refractivity contribution < 1.29 is 9.59 Å². The first-order chi connectivity index (χ1) is 12.4. The number of hydrogen-bond donors (Lipinski definition) is 0. The number of aryl methyl sites for hydroxylation is 2. The molecule has 2 rings (SSSR count). The molecule has 0 saturated carbocycles. The lowest BCUT2D eigenvalue weighted by atomic mass is 10.1. The van der Waals surface area contributed by atoms with Gasteiger partial charge in [0.2, 0.25) is 11.8 Å².